The van der Waals surface area contributed by atoms with E-state index in [2.05, 4.69) is 15.9 Å². The Hall–Kier alpha value is -0.710. The third kappa shape index (κ3) is 4.11. The molecule has 0 aliphatic carbocycles. The summed E-state index contributed by atoms with van der Waals surface area (Å²) in [6.45, 7) is 0.615. The maximum Gasteiger partial charge on any atom is 0.422 e. The van der Waals surface area contributed by atoms with Crippen molar-refractivity contribution in [3.8, 4) is 5.75 Å². The predicted octanol–water partition coefficient (Wildman–Crippen LogP) is 3.95. The van der Waals surface area contributed by atoms with Crippen LogP contribution in [-0.2, 0) is 6.42 Å². The van der Waals surface area contributed by atoms with Crippen LogP contribution in [0.2, 0.25) is 0 Å². The molecule has 0 saturated carbocycles. The highest BCUT2D eigenvalue weighted by molar-refractivity contribution is 9.10. The van der Waals surface area contributed by atoms with Gasteiger partial charge in [0.15, 0.2) is 6.61 Å². The van der Waals surface area contributed by atoms with E-state index >= 15 is 0 Å². The quantitative estimate of drug-likeness (QED) is 0.816. The zero-order valence-electron chi connectivity index (χ0n) is 8.07. The lowest BCUT2D eigenvalue weighted by atomic mass is 10.1. The summed E-state index contributed by atoms with van der Waals surface area (Å²) in [5, 5.41) is 0. The van der Waals surface area contributed by atoms with E-state index in [9.17, 15) is 13.2 Å². The van der Waals surface area contributed by atoms with E-state index in [1.54, 1.807) is 12.1 Å². The minimum absolute atomic E-state index is 0.290. The van der Waals surface area contributed by atoms with Crippen LogP contribution in [0.5, 0.6) is 5.75 Å². The van der Waals surface area contributed by atoms with Crippen molar-refractivity contribution >= 4 is 15.9 Å². The molecule has 0 heterocycles. The second-order valence-electron chi connectivity index (χ2n) is 3.01. The number of benzene rings is 1. The van der Waals surface area contributed by atoms with E-state index in [1.165, 1.54) is 6.07 Å². The Morgan fingerprint density at radius 1 is 1.33 bits per heavy atom. The highest BCUT2D eigenvalue weighted by Gasteiger charge is 2.28. The summed E-state index contributed by atoms with van der Waals surface area (Å²) >= 11 is 3.25. The number of halogens is 4. The molecule has 1 rings (SSSR count). The van der Waals surface area contributed by atoms with Crippen LogP contribution in [0.25, 0.3) is 0 Å². The maximum absolute atomic E-state index is 11.9. The van der Waals surface area contributed by atoms with Crippen LogP contribution in [-0.4, -0.2) is 12.8 Å². The second-order valence-corrected chi connectivity index (χ2v) is 3.93. The average molecular weight is 283 g/mol. The van der Waals surface area contributed by atoms with Gasteiger partial charge in [0.05, 0.1) is 0 Å². The molecule has 0 aliphatic heterocycles. The van der Waals surface area contributed by atoms with Crippen LogP contribution < -0.4 is 4.74 Å². The Morgan fingerprint density at radius 3 is 2.53 bits per heavy atom. The van der Waals surface area contributed by atoms with Crippen molar-refractivity contribution in [2.24, 2.45) is 0 Å². The molecule has 0 radical (unpaired) electrons. The number of ether oxygens (including phenoxy) is 1. The highest BCUT2D eigenvalue weighted by Crippen LogP contribution is 2.25. The lowest BCUT2D eigenvalue weighted by Gasteiger charge is -2.12. The first-order valence-corrected chi connectivity index (χ1v) is 5.19. The van der Waals surface area contributed by atoms with E-state index in [0.29, 0.717) is 6.42 Å². The van der Waals surface area contributed by atoms with Crippen LogP contribution in [0.1, 0.15) is 12.5 Å². The first kappa shape index (κ1) is 12.4. The SMILES string of the molecule is CCc1cc(Br)ccc1OCC(F)(F)F. The first-order chi connectivity index (χ1) is 6.92. The molecule has 0 N–H and O–H groups in total. The van der Waals surface area contributed by atoms with Crippen molar-refractivity contribution in [3.63, 3.8) is 0 Å². The van der Waals surface area contributed by atoms with E-state index in [1.807, 2.05) is 6.92 Å². The Labute approximate surface area is 94.4 Å². The minimum Gasteiger partial charge on any atom is -0.484 e. The lowest BCUT2D eigenvalue weighted by molar-refractivity contribution is -0.153. The molecule has 1 aromatic carbocycles. The van der Waals surface area contributed by atoms with Crippen molar-refractivity contribution in [2.75, 3.05) is 6.61 Å². The summed E-state index contributed by atoms with van der Waals surface area (Å²) in [6, 6.07) is 4.95. The van der Waals surface area contributed by atoms with Gasteiger partial charge >= 0.3 is 6.18 Å². The molecule has 0 unspecified atom stereocenters. The molecule has 0 spiro atoms. The van der Waals surface area contributed by atoms with Crippen LogP contribution in [0, 0.1) is 0 Å². The van der Waals surface area contributed by atoms with Crippen molar-refractivity contribution in [3.05, 3.63) is 28.2 Å². The van der Waals surface area contributed by atoms with Crippen molar-refractivity contribution in [1.82, 2.24) is 0 Å². The monoisotopic (exact) mass is 282 g/mol. The van der Waals surface area contributed by atoms with Crippen molar-refractivity contribution in [1.29, 1.82) is 0 Å². The number of hydrogen-bond acceptors (Lipinski definition) is 1. The molecule has 84 valence electrons. The normalized spacial score (nSPS) is 11.5. The third-order valence-corrected chi connectivity index (χ3v) is 2.29. The molecule has 1 nitrogen and oxygen atoms in total. The lowest BCUT2D eigenvalue weighted by Crippen LogP contribution is -2.19. The van der Waals surface area contributed by atoms with E-state index in [4.69, 9.17) is 4.74 Å². The fourth-order valence-corrected chi connectivity index (χ4v) is 1.53. The summed E-state index contributed by atoms with van der Waals surface area (Å²) < 4.78 is 41.3. The zero-order valence-corrected chi connectivity index (χ0v) is 9.65. The maximum atomic E-state index is 11.9. The van der Waals surface area contributed by atoms with Crippen LogP contribution in [0.4, 0.5) is 13.2 Å². The predicted molar refractivity (Wildman–Crippen MR) is 55.1 cm³/mol. The van der Waals surface area contributed by atoms with Crippen LogP contribution in [0.15, 0.2) is 22.7 Å². The molecular formula is C10H10BrF3O. The number of aryl methyl sites for hydroxylation is 1. The summed E-state index contributed by atoms with van der Waals surface area (Å²) in [4.78, 5) is 0. The van der Waals surface area contributed by atoms with E-state index in [0.717, 1.165) is 10.0 Å². The van der Waals surface area contributed by atoms with Gasteiger partial charge in [-0.2, -0.15) is 13.2 Å². The smallest absolute Gasteiger partial charge is 0.422 e. The molecule has 5 heteroatoms. The van der Waals surface area contributed by atoms with Gasteiger partial charge in [-0.3, -0.25) is 0 Å². The van der Waals surface area contributed by atoms with E-state index in [-0.39, 0.29) is 5.75 Å². The number of rotatable bonds is 3. The van der Waals surface area contributed by atoms with Gasteiger partial charge in [-0.05, 0) is 30.2 Å². The molecule has 0 saturated heterocycles. The standard InChI is InChI=1S/C10H10BrF3O/c1-2-7-5-8(11)3-4-9(7)15-6-10(12,13)14/h3-5H,2,6H2,1H3. The first-order valence-electron chi connectivity index (χ1n) is 4.40. The summed E-state index contributed by atoms with van der Waals surface area (Å²) in [5.41, 5.74) is 0.758. The Balaban J connectivity index is 2.76. The van der Waals surface area contributed by atoms with E-state index < -0.39 is 12.8 Å². The van der Waals surface area contributed by atoms with Gasteiger partial charge in [0.25, 0.3) is 0 Å². The molecule has 0 atom stereocenters. The Kier molecular flexibility index (Phi) is 4.02. The molecule has 1 aromatic rings. The van der Waals surface area contributed by atoms with Crippen LogP contribution in [0.3, 0.4) is 0 Å². The Morgan fingerprint density at radius 2 is 2.00 bits per heavy atom. The Bertz CT molecular complexity index is 336. The van der Waals surface area contributed by atoms with Crippen LogP contribution >= 0.6 is 15.9 Å². The van der Waals surface area contributed by atoms with Gasteiger partial charge in [0.2, 0.25) is 0 Å². The van der Waals surface area contributed by atoms with Gasteiger partial charge in [-0.15, -0.1) is 0 Å². The zero-order chi connectivity index (χ0) is 11.5. The largest absolute Gasteiger partial charge is 0.484 e. The molecule has 0 amide bonds. The third-order valence-electron chi connectivity index (χ3n) is 1.79. The minimum atomic E-state index is -4.29. The fraction of sp³-hybridized carbons (Fsp3) is 0.400. The second kappa shape index (κ2) is 4.88. The van der Waals surface area contributed by atoms with Gasteiger partial charge < -0.3 is 4.74 Å². The molecule has 15 heavy (non-hydrogen) atoms. The van der Waals surface area contributed by atoms with Gasteiger partial charge in [-0.1, -0.05) is 22.9 Å². The van der Waals surface area contributed by atoms with Gasteiger partial charge in [0, 0.05) is 4.47 Å². The molecule has 0 aliphatic rings. The molecular weight excluding hydrogens is 273 g/mol. The average Bonchev–Trinajstić information content (AvgIpc) is 2.14. The fourth-order valence-electron chi connectivity index (χ4n) is 1.12. The van der Waals surface area contributed by atoms with Crippen molar-refractivity contribution < 1.29 is 17.9 Å². The van der Waals surface area contributed by atoms with Gasteiger partial charge in [-0.25, -0.2) is 0 Å². The highest BCUT2D eigenvalue weighted by atomic mass is 79.9. The summed E-state index contributed by atoms with van der Waals surface area (Å²) in [5.74, 6) is 0.290. The molecule has 0 aromatic heterocycles. The van der Waals surface area contributed by atoms with Crippen molar-refractivity contribution in [2.45, 2.75) is 19.5 Å². The molecule has 0 bridgehead atoms. The molecule has 0 fully saturated rings. The summed E-state index contributed by atoms with van der Waals surface area (Å²) in [6.07, 6.45) is -3.66. The van der Waals surface area contributed by atoms with Gasteiger partial charge in [0.1, 0.15) is 5.75 Å². The number of alkyl halides is 3. The number of hydrogen-bond donors (Lipinski definition) is 0. The topological polar surface area (TPSA) is 9.23 Å². The summed E-state index contributed by atoms with van der Waals surface area (Å²) in [7, 11) is 0.